The monoisotopic (exact) mass is 293 g/mol. The quantitative estimate of drug-likeness (QED) is 0.829. The summed E-state index contributed by atoms with van der Waals surface area (Å²) in [4.78, 5) is 12.6. The molecule has 0 aliphatic carbocycles. The number of benzene rings is 1. The average Bonchev–Trinajstić information content (AvgIpc) is 2.85. The van der Waals surface area contributed by atoms with Crippen LogP contribution in [0.1, 0.15) is 5.56 Å². The van der Waals surface area contributed by atoms with Gasteiger partial charge < -0.3 is 10.0 Å². The van der Waals surface area contributed by atoms with E-state index >= 15 is 0 Å². The second-order valence-electron chi connectivity index (χ2n) is 4.42. The highest BCUT2D eigenvalue weighted by Crippen LogP contribution is 2.24. The molecule has 0 atom stereocenters. The van der Waals surface area contributed by atoms with E-state index in [9.17, 15) is 4.79 Å². The maximum atomic E-state index is 10.6. The maximum absolute atomic E-state index is 10.6. The first-order chi connectivity index (χ1) is 9.49. The lowest BCUT2D eigenvalue weighted by atomic mass is 10.1. The number of hydrogen-bond donors (Lipinski definition) is 1. The fraction of sp³-hybridized carbons (Fsp3) is 0.333. The summed E-state index contributed by atoms with van der Waals surface area (Å²) in [6, 6.07) is 5.86. The van der Waals surface area contributed by atoms with Crippen molar-refractivity contribution in [2.75, 3.05) is 24.7 Å². The number of aromatic nitrogens is 4. The van der Waals surface area contributed by atoms with Crippen LogP contribution in [0.4, 0.5) is 5.69 Å². The number of thioether (sulfide) groups is 1. The van der Waals surface area contributed by atoms with Gasteiger partial charge in [-0.25, -0.2) is 0 Å². The van der Waals surface area contributed by atoms with Gasteiger partial charge >= 0.3 is 5.97 Å². The summed E-state index contributed by atoms with van der Waals surface area (Å²) in [5.74, 6) is -0.977. The van der Waals surface area contributed by atoms with E-state index < -0.39 is 5.97 Å². The van der Waals surface area contributed by atoms with Crippen molar-refractivity contribution in [3.8, 4) is 5.69 Å². The molecule has 1 aromatic heterocycles. The highest BCUT2D eigenvalue weighted by molar-refractivity contribution is 7.99. The minimum absolute atomic E-state index is 0.0766. The van der Waals surface area contributed by atoms with Gasteiger partial charge in [0.05, 0.1) is 11.4 Å². The van der Waals surface area contributed by atoms with Crippen molar-refractivity contribution in [2.45, 2.75) is 12.1 Å². The van der Waals surface area contributed by atoms with Crippen LogP contribution in [-0.2, 0) is 4.79 Å². The molecule has 0 fully saturated rings. The number of carboxylic acid groups (broad SMARTS) is 1. The van der Waals surface area contributed by atoms with Gasteiger partial charge in [-0.2, -0.15) is 4.68 Å². The van der Waals surface area contributed by atoms with E-state index in [4.69, 9.17) is 5.11 Å². The third kappa shape index (κ3) is 3.08. The predicted molar refractivity (Wildman–Crippen MR) is 76.6 cm³/mol. The molecule has 1 N–H and O–H groups in total. The van der Waals surface area contributed by atoms with Crippen LogP contribution in [0.3, 0.4) is 0 Å². The number of aryl methyl sites for hydroxylation is 1. The summed E-state index contributed by atoms with van der Waals surface area (Å²) in [5, 5.41) is 20.6. The third-order valence-electron chi connectivity index (χ3n) is 2.68. The highest BCUT2D eigenvalue weighted by Gasteiger charge is 2.12. The Morgan fingerprint density at radius 3 is 2.85 bits per heavy atom. The smallest absolute Gasteiger partial charge is 0.313 e. The minimum Gasteiger partial charge on any atom is -0.481 e. The van der Waals surface area contributed by atoms with E-state index in [0.29, 0.717) is 5.16 Å². The molecule has 0 radical (unpaired) electrons. The average molecular weight is 293 g/mol. The number of tetrazole rings is 1. The Labute approximate surface area is 120 Å². The summed E-state index contributed by atoms with van der Waals surface area (Å²) < 4.78 is 1.54. The molecule has 1 aromatic carbocycles. The molecule has 0 saturated carbocycles. The Hall–Kier alpha value is -2.09. The van der Waals surface area contributed by atoms with E-state index in [0.717, 1.165) is 28.7 Å². The SMILES string of the molecule is Cc1ccc(-n2nnnc2SCC(=O)O)cc1N(C)C. The van der Waals surface area contributed by atoms with Gasteiger partial charge in [-0.1, -0.05) is 17.8 Å². The molecule has 0 unspecified atom stereocenters. The van der Waals surface area contributed by atoms with Crippen LogP contribution < -0.4 is 4.90 Å². The van der Waals surface area contributed by atoms with Gasteiger partial charge in [-0.3, -0.25) is 4.79 Å². The summed E-state index contributed by atoms with van der Waals surface area (Å²) in [5.41, 5.74) is 3.01. The number of rotatable bonds is 5. The van der Waals surface area contributed by atoms with Crippen LogP contribution in [-0.4, -0.2) is 51.1 Å². The van der Waals surface area contributed by atoms with Crippen molar-refractivity contribution in [3.05, 3.63) is 23.8 Å². The van der Waals surface area contributed by atoms with E-state index in [1.807, 2.05) is 44.1 Å². The van der Waals surface area contributed by atoms with E-state index in [-0.39, 0.29) is 5.75 Å². The number of nitrogens with zero attached hydrogens (tertiary/aromatic N) is 5. The van der Waals surface area contributed by atoms with Crippen LogP contribution in [0.25, 0.3) is 5.69 Å². The molecule has 2 rings (SSSR count). The first kappa shape index (κ1) is 14.3. The first-order valence-electron chi connectivity index (χ1n) is 5.90. The molecule has 2 aromatic rings. The highest BCUT2D eigenvalue weighted by atomic mass is 32.2. The van der Waals surface area contributed by atoms with Crippen LogP contribution in [0.2, 0.25) is 0 Å². The van der Waals surface area contributed by atoms with E-state index in [1.54, 1.807) is 4.68 Å². The normalized spacial score (nSPS) is 10.6. The zero-order valence-electron chi connectivity index (χ0n) is 11.4. The molecule has 0 saturated heterocycles. The molecule has 1 heterocycles. The Balaban J connectivity index is 2.35. The third-order valence-corrected chi connectivity index (χ3v) is 3.59. The molecule has 20 heavy (non-hydrogen) atoms. The molecule has 0 amide bonds. The van der Waals surface area contributed by atoms with E-state index in [2.05, 4.69) is 15.5 Å². The fourth-order valence-corrected chi connectivity index (χ4v) is 2.38. The second-order valence-corrected chi connectivity index (χ2v) is 5.36. The predicted octanol–water partition coefficient (Wildman–Crippen LogP) is 1.21. The molecule has 0 aliphatic heterocycles. The maximum Gasteiger partial charge on any atom is 0.313 e. The Morgan fingerprint density at radius 2 is 2.20 bits per heavy atom. The van der Waals surface area contributed by atoms with Gasteiger partial charge in [0.1, 0.15) is 0 Å². The molecular formula is C12H15N5O2S. The molecule has 0 spiro atoms. The van der Waals surface area contributed by atoms with Gasteiger partial charge in [0.2, 0.25) is 5.16 Å². The van der Waals surface area contributed by atoms with Crippen LogP contribution in [0.5, 0.6) is 0 Å². The number of anilines is 1. The second kappa shape index (κ2) is 5.91. The van der Waals surface area contributed by atoms with Crippen molar-refractivity contribution < 1.29 is 9.90 Å². The van der Waals surface area contributed by atoms with Gasteiger partial charge in [0, 0.05) is 19.8 Å². The molecule has 0 aliphatic rings. The largest absolute Gasteiger partial charge is 0.481 e. The summed E-state index contributed by atoms with van der Waals surface area (Å²) >= 11 is 1.09. The lowest BCUT2D eigenvalue weighted by Gasteiger charge is -2.16. The van der Waals surface area contributed by atoms with Crippen molar-refractivity contribution in [1.29, 1.82) is 0 Å². The Morgan fingerprint density at radius 1 is 1.45 bits per heavy atom. The van der Waals surface area contributed by atoms with Gasteiger partial charge in [-0.05, 0) is 35.0 Å². The van der Waals surface area contributed by atoms with Crippen molar-refractivity contribution in [1.82, 2.24) is 20.2 Å². The molecule has 7 nitrogen and oxygen atoms in total. The lowest BCUT2D eigenvalue weighted by Crippen LogP contribution is -2.11. The summed E-state index contributed by atoms with van der Waals surface area (Å²) in [6.07, 6.45) is 0. The Bertz CT molecular complexity index is 626. The van der Waals surface area contributed by atoms with Crippen LogP contribution in [0, 0.1) is 6.92 Å². The first-order valence-corrected chi connectivity index (χ1v) is 6.89. The fourth-order valence-electron chi connectivity index (χ4n) is 1.77. The van der Waals surface area contributed by atoms with Gasteiger partial charge in [0.25, 0.3) is 0 Å². The topological polar surface area (TPSA) is 84.1 Å². The van der Waals surface area contributed by atoms with Crippen LogP contribution >= 0.6 is 11.8 Å². The molecule has 0 bridgehead atoms. The number of carbonyl (C=O) groups is 1. The van der Waals surface area contributed by atoms with Crippen LogP contribution in [0.15, 0.2) is 23.4 Å². The van der Waals surface area contributed by atoms with E-state index in [1.165, 1.54) is 0 Å². The van der Waals surface area contributed by atoms with Crippen molar-refractivity contribution in [2.24, 2.45) is 0 Å². The molecular weight excluding hydrogens is 278 g/mol. The van der Waals surface area contributed by atoms with Crippen molar-refractivity contribution >= 4 is 23.4 Å². The zero-order chi connectivity index (χ0) is 14.7. The van der Waals surface area contributed by atoms with Crippen molar-refractivity contribution in [3.63, 3.8) is 0 Å². The minimum atomic E-state index is -0.901. The summed E-state index contributed by atoms with van der Waals surface area (Å²) in [6.45, 7) is 2.03. The van der Waals surface area contributed by atoms with Gasteiger partial charge in [0.15, 0.2) is 0 Å². The molecule has 106 valence electrons. The number of aliphatic carboxylic acids is 1. The molecule has 8 heteroatoms. The lowest BCUT2D eigenvalue weighted by molar-refractivity contribution is -0.133. The Kier molecular flexibility index (Phi) is 4.23. The summed E-state index contributed by atoms with van der Waals surface area (Å²) in [7, 11) is 3.93. The zero-order valence-corrected chi connectivity index (χ0v) is 12.3. The number of carboxylic acids is 1. The standard InChI is InChI=1S/C12H15N5O2S/c1-8-4-5-9(6-10(8)16(2)3)17-12(13-14-15-17)20-7-11(18)19/h4-6H,7H2,1-3H3,(H,18,19). The van der Waals surface area contributed by atoms with Gasteiger partial charge in [-0.15, -0.1) is 5.10 Å². The number of hydrogen-bond acceptors (Lipinski definition) is 6.